The minimum Gasteiger partial charge on any atom is -0.228 e. The number of fused-ring (bicyclic) bond motifs is 4. The maximum absolute atomic E-state index is 5.08. The molecule has 2 heteroatoms. The van der Waals surface area contributed by atoms with Crippen LogP contribution in [-0.2, 0) is 0 Å². The minimum atomic E-state index is 0.715. The van der Waals surface area contributed by atoms with Crippen molar-refractivity contribution in [3.8, 4) is 89.5 Å². The molecule has 0 saturated heterocycles. The van der Waals surface area contributed by atoms with E-state index in [0.717, 1.165) is 33.6 Å². The van der Waals surface area contributed by atoms with E-state index in [1.54, 1.807) is 0 Å². The van der Waals surface area contributed by atoms with Gasteiger partial charge in [0.2, 0.25) is 0 Å². The van der Waals surface area contributed by atoms with Crippen molar-refractivity contribution in [1.82, 2.24) is 9.97 Å². The van der Waals surface area contributed by atoms with Gasteiger partial charge in [-0.25, -0.2) is 9.97 Å². The second-order valence-electron chi connectivity index (χ2n) is 14.6. The van der Waals surface area contributed by atoms with Crippen LogP contribution in [-0.4, -0.2) is 9.97 Å². The molecule has 0 N–H and O–H groups in total. The highest BCUT2D eigenvalue weighted by Gasteiger charge is 2.22. The van der Waals surface area contributed by atoms with Crippen molar-refractivity contribution in [3.63, 3.8) is 0 Å². The molecule has 2 nitrogen and oxygen atoms in total. The summed E-state index contributed by atoms with van der Waals surface area (Å²) in [4.78, 5) is 10.1. The molecule has 0 bridgehead atoms. The van der Waals surface area contributed by atoms with Crippen LogP contribution in [0.3, 0.4) is 0 Å². The second kappa shape index (κ2) is 13.2. The smallest absolute Gasteiger partial charge is 0.160 e. The Kier molecular flexibility index (Phi) is 7.53. The molecule has 0 unspecified atom stereocenters. The van der Waals surface area contributed by atoms with Crippen molar-refractivity contribution in [3.05, 3.63) is 206 Å². The molecule has 10 aromatic rings. The summed E-state index contributed by atoms with van der Waals surface area (Å²) in [7, 11) is 0. The van der Waals surface area contributed by atoms with Gasteiger partial charge in [-0.2, -0.15) is 0 Å². The largest absolute Gasteiger partial charge is 0.228 e. The van der Waals surface area contributed by atoms with Crippen LogP contribution >= 0.6 is 0 Å². The van der Waals surface area contributed by atoms with Gasteiger partial charge in [-0.1, -0.05) is 176 Å². The molecule has 1 aromatic heterocycles. The van der Waals surface area contributed by atoms with Gasteiger partial charge in [0.05, 0.1) is 11.4 Å². The molecule has 11 rings (SSSR count). The summed E-state index contributed by atoms with van der Waals surface area (Å²) in [5.74, 6) is 0.715. The highest BCUT2D eigenvalue weighted by molar-refractivity contribution is 6.15. The summed E-state index contributed by atoms with van der Waals surface area (Å²) in [5, 5.41) is 5.09. The third-order valence-corrected chi connectivity index (χ3v) is 11.2. The van der Waals surface area contributed by atoms with E-state index in [1.165, 1.54) is 71.6 Å². The summed E-state index contributed by atoms with van der Waals surface area (Å²) in [5.41, 5.74) is 17.3. The first-order valence-electron chi connectivity index (χ1n) is 19.1. The first-order valence-corrected chi connectivity index (χ1v) is 19.1. The Morgan fingerprint density at radius 2 is 0.714 bits per heavy atom. The van der Waals surface area contributed by atoms with Crippen LogP contribution in [0.25, 0.3) is 111 Å². The Morgan fingerprint density at radius 1 is 0.232 bits per heavy atom. The van der Waals surface area contributed by atoms with Gasteiger partial charge in [0.1, 0.15) is 0 Å². The van der Waals surface area contributed by atoms with Gasteiger partial charge in [-0.05, 0) is 108 Å². The first kappa shape index (κ1) is 32.0. The van der Waals surface area contributed by atoms with Crippen LogP contribution in [0, 0.1) is 0 Å². The van der Waals surface area contributed by atoms with Gasteiger partial charge in [0.25, 0.3) is 0 Å². The standard InChI is InChI=1S/C54H34N2/c1-3-12-36(13-4-1)51-34-52(56-54(55-51)39-14-5-2-6-15-39)37-26-24-35(25-27-37)48-31-41-16-7-8-17-42(41)32-49(48)44-21-9-20-40(30-44)43-28-29-45-46-22-10-18-38-19-11-23-47(53(38)46)50(45)33-43/h1-34H. The fraction of sp³-hybridized carbons (Fsp3) is 0. The molecular weight excluding hydrogens is 677 g/mol. The summed E-state index contributed by atoms with van der Waals surface area (Å²) in [6, 6.07) is 74.1. The topological polar surface area (TPSA) is 25.8 Å². The van der Waals surface area contributed by atoms with Gasteiger partial charge >= 0.3 is 0 Å². The van der Waals surface area contributed by atoms with Gasteiger partial charge in [0, 0.05) is 16.7 Å². The number of nitrogens with zero attached hydrogens (tertiary/aromatic N) is 2. The molecule has 0 spiro atoms. The lowest BCUT2D eigenvalue weighted by atomic mass is 9.89. The highest BCUT2D eigenvalue weighted by atomic mass is 14.9. The Balaban J connectivity index is 0.999. The Bertz CT molecular complexity index is 3050. The molecule has 1 heterocycles. The molecule has 260 valence electrons. The molecule has 0 radical (unpaired) electrons. The predicted octanol–water partition coefficient (Wildman–Crippen LogP) is 14.4. The normalized spacial score (nSPS) is 11.6. The van der Waals surface area contributed by atoms with Gasteiger partial charge in [-0.15, -0.1) is 0 Å². The predicted molar refractivity (Wildman–Crippen MR) is 234 cm³/mol. The number of benzene rings is 9. The monoisotopic (exact) mass is 710 g/mol. The number of aromatic nitrogens is 2. The average molecular weight is 711 g/mol. The summed E-state index contributed by atoms with van der Waals surface area (Å²) in [6.45, 7) is 0. The van der Waals surface area contributed by atoms with Crippen molar-refractivity contribution in [1.29, 1.82) is 0 Å². The maximum Gasteiger partial charge on any atom is 0.160 e. The molecule has 0 atom stereocenters. The van der Waals surface area contributed by atoms with Crippen LogP contribution in [0.2, 0.25) is 0 Å². The lowest BCUT2D eigenvalue weighted by molar-refractivity contribution is 1.18. The van der Waals surface area contributed by atoms with Crippen LogP contribution in [0.15, 0.2) is 206 Å². The zero-order valence-corrected chi connectivity index (χ0v) is 30.5. The van der Waals surface area contributed by atoms with E-state index in [1.807, 2.05) is 24.3 Å². The first-order chi connectivity index (χ1) is 27.7. The van der Waals surface area contributed by atoms with Crippen molar-refractivity contribution in [2.45, 2.75) is 0 Å². The summed E-state index contributed by atoms with van der Waals surface area (Å²) in [6.07, 6.45) is 0. The summed E-state index contributed by atoms with van der Waals surface area (Å²) < 4.78 is 0. The molecule has 0 saturated carbocycles. The van der Waals surface area contributed by atoms with E-state index >= 15 is 0 Å². The fourth-order valence-electron chi connectivity index (χ4n) is 8.44. The van der Waals surface area contributed by atoms with E-state index < -0.39 is 0 Å². The third kappa shape index (κ3) is 5.51. The van der Waals surface area contributed by atoms with E-state index in [2.05, 4.69) is 182 Å². The molecule has 0 aliphatic heterocycles. The number of hydrogen-bond acceptors (Lipinski definition) is 2. The Labute approximate surface area is 326 Å². The van der Waals surface area contributed by atoms with Gasteiger partial charge < -0.3 is 0 Å². The second-order valence-corrected chi connectivity index (χ2v) is 14.6. The van der Waals surface area contributed by atoms with E-state index in [0.29, 0.717) is 5.82 Å². The molecule has 9 aromatic carbocycles. The Hall–Kier alpha value is -7.42. The van der Waals surface area contributed by atoms with Crippen LogP contribution in [0.4, 0.5) is 0 Å². The number of hydrogen-bond donors (Lipinski definition) is 0. The lowest BCUT2D eigenvalue weighted by Gasteiger charge is -2.15. The Morgan fingerprint density at radius 3 is 1.41 bits per heavy atom. The molecule has 1 aliphatic rings. The fourth-order valence-corrected chi connectivity index (χ4v) is 8.44. The zero-order chi connectivity index (χ0) is 37.0. The number of rotatable bonds is 6. The van der Waals surface area contributed by atoms with E-state index in [-0.39, 0.29) is 0 Å². The van der Waals surface area contributed by atoms with Crippen LogP contribution < -0.4 is 0 Å². The molecule has 0 amide bonds. The van der Waals surface area contributed by atoms with Gasteiger partial charge in [0.15, 0.2) is 5.82 Å². The van der Waals surface area contributed by atoms with Crippen molar-refractivity contribution in [2.24, 2.45) is 0 Å². The average Bonchev–Trinajstić information content (AvgIpc) is 3.60. The van der Waals surface area contributed by atoms with Crippen LogP contribution in [0.1, 0.15) is 0 Å². The quantitative estimate of drug-likeness (QED) is 0.172. The zero-order valence-electron chi connectivity index (χ0n) is 30.5. The molecule has 1 aliphatic carbocycles. The molecular formula is C54H34N2. The minimum absolute atomic E-state index is 0.715. The van der Waals surface area contributed by atoms with Crippen LogP contribution in [0.5, 0.6) is 0 Å². The van der Waals surface area contributed by atoms with Crippen molar-refractivity contribution >= 4 is 21.5 Å². The van der Waals surface area contributed by atoms with Crippen molar-refractivity contribution in [2.75, 3.05) is 0 Å². The van der Waals surface area contributed by atoms with E-state index in [4.69, 9.17) is 9.97 Å². The van der Waals surface area contributed by atoms with E-state index in [9.17, 15) is 0 Å². The van der Waals surface area contributed by atoms with Gasteiger partial charge in [-0.3, -0.25) is 0 Å². The molecule has 0 fully saturated rings. The summed E-state index contributed by atoms with van der Waals surface area (Å²) >= 11 is 0. The molecule has 56 heavy (non-hydrogen) atoms. The third-order valence-electron chi connectivity index (χ3n) is 11.2. The maximum atomic E-state index is 5.08. The highest BCUT2D eigenvalue weighted by Crippen LogP contribution is 2.48. The SMILES string of the molecule is c1ccc(-c2cc(-c3ccc(-c4cc5ccccc5cc4-c4cccc(-c5ccc6c(c5)-c5cccc7cccc-6c57)c4)cc3)nc(-c3ccccc3)n2)cc1. The van der Waals surface area contributed by atoms with Crippen molar-refractivity contribution < 1.29 is 0 Å². The lowest BCUT2D eigenvalue weighted by Crippen LogP contribution is -1.96.